The summed E-state index contributed by atoms with van der Waals surface area (Å²) in [7, 11) is 0. The molecule has 50 valence electrons. The molecule has 0 saturated carbocycles. The molecule has 0 spiro atoms. The van der Waals surface area contributed by atoms with Crippen LogP contribution in [-0.4, -0.2) is 15.0 Å². The number of fused-ring (bicyclic) bond motifs is 1. The largest absolute Gasteiger partial charge is 0.303 e. The van der Waals surface area contributed by atoms with Crippen LogP contribution in [0.1, 0.15) is 0 Å². The molecule has 0 aromatic carbocycles. The van der Waals surface area contributed by atoms with Crippen LogP contribution in [0.15, 0.2) is 16.5 Å². The zero-order chi connectivity index (χ0) is 6.97. The molecule has 0 radical (unpaired) electrons. The first-order valence-electron chi connectivity index (χ1n) is 2.65. The molecule has 1 N–H and O–H groups in total. The lowest BCUT2D eigenvalue weighted by Gasteiger charge is -1.81. The van der Waals surface area contributed by atoms with E-state index in [1.807, 2.05) is 0 Å². The van der Waals surface area contributed by atoms with Gasteiger partial charge in [0.25, 0.3) is 5.56 Å². The van der Waals surface area contributed by atoms with E-state index < -0.39 is 0 Å². The summed E-state index contributed by atoms with van der Waals surface area (Å²) in [6.07, 6.45) is 1.25. The van der Waals surface area contributed by atoms with Crippen LogP contribution in [0.4, 0.5) is 0 Å². The molecular weight excluding hydrogens is 150 g/mol. The minimum Gasteiger partial charge on any atom is -0.303 e. The molecule has 0 unspecified atom stereocenters. The van der Waals surface area contributed by atoms with E-state index in [4.69, 9.17) is 0 Å². The van der Waals surface area contributed by atoms with Crippen molar-refractivity contribution >= 4 is 21.8 Å². The molecule has 10 heavy (non-hydrogen) atoms. The topological polar surface area (TPSA) is 58.6 Å². The third kappa shape index (κ3) is 0.714. The van der Waals surface area contributed by atoms with Crippen molar-refractivity contribution in [1.29, 1.82) is 0 Å². The fourth-order valence-corrected chi connectivity index (χ4v) is 1.27. The fourth-order valence-electron chi connectivity index (χ4n) is 0.684. The van der Waals surface area contributed by atoms with E-state index in [0.717, 1.165) is 4.83 Å². The van der Waals surface area contributed by atoms with Crippen LogP contribution >= 0.6 is 11.3 Å². The van der Waals surface area contributed by atoms with Gasteiger partial charge in [-0.3, -0.25) is 4.79 Å². The molecule has 0 aliphatic rings. The summed E-state index contributed by atoms with van der Waals surface area (Å²) in [5, 5.41) is 0. The zero-order valence-electron chi connectivity index (χ0n) is 4.87. The average molecular weight is 153 g/mol. The quantitative estimate of drug-likeness (QED) is 0.595. The van der Waals surface area contributed by atoms with Gasteiger partial charge in [-0.05, 0) is 0 Å². The summed E-state index contributed by atoms with van der Waals surface area (Å²) in [4.78, 5) is 21.7. The molecule has 0 amide bonds. The van der Waals surface area contributed by atoms with Crippen LogP contribution in [0.3, 0.4) is 0 Å². The normalized spacial score (nSPS) is 10.4. The number of hydrogen-bond acceptors (Lipinski definition) is 4. The van der Waals surface area contributed by atoms with E-state index >= 15 is 0 Å². The van der Waals surface area contributed by atoms with Crippen molar-refractivity contribution in [3.8, 4) is 0 Å². The van der Waals surface area contributed by atoms with Crippen LogP contribution in [0.2, 0.25) is 0 Å². The standard InChI is InChI=1S/C5H3N3OS/c9-3-1-6-5-4(8-3)7-2-10-5/h1-2H,(H,8,9). The number of nitrogens with zero attached hydrogens (tertiary/aromatic N) is 2. The van der Waals surface area contributed by atoms with Gasteiger partial charge in [-0.1, -0.05) is 0 Å². The smallest absolute Gasteiger partial charge is 0.268 e. The Hall–Kier alpha value is -1.23. The molecule has 0 saturated heterocycles. The third-order valence-corrected chi connectivity index (χ3v) is 1.82. The Balaban J connectivity index is 2.99. The Labute approximate surface area is 59.6 Å². The second-order valence-corrected chi connectivity index (χ2v) is 2.59. The summed E-state index contributed by atoms with van der Waals surface area (Å²) < 4.78 is 0. The number of aromatic nitrogens is 3. The molecule has 2 aromatic heterocycles. The van der Waals surface area contributed by atoms with Crippen molar-refractivity contribution in [2.24, 2.45) is 0 Å². The summed E-state index contributed by atoms with van der Waals surface area (Å²) in [5.74, 6) is 0. The van der Waals surface area contributed by atoms with Crippen LogP contribution in [0.25, 0.3) is 10.5 Å². The number of aromatic amines is 1. The van der Waals surface area contributed by atoms with E-state index in [1.54, 1.807) is 5.51 Å². The Morgan fingerprint density at radius 2 is 2.40 bits per heavy atom. The summed E-state index contributed by atoms with van der Waals surface area (Å²) >= 11 is 1.40. The third-order valence-electron chi connectivity index (χ3n) is 1.09. The molecule has 0 fully saturated rings. The van der Waals surface area contributed by atoms with E-state index in [1.165, 1.54) is 17.5 Å². The predicted molar refractivity (Wildman–Crippen MR) is 38.0 cm³/mol. The maximum Gasteiger partial charge on any atom is 0.268 e. The lowest BCUT2D eigenvalue weighted by atomic mass is 10.7. The van der Waals surface area contributed by atoms with E-state index in [0.29, 0.717) is 5.65 Å². The first-order chi connectivity index (χ1) is 4.86. The summed E-state index contributed by atoms with van der Waals surface area (Å²) in [6, 6.07) is 0. The van der Waals surface area contributed by atoms with Crippen molar-refractivity contribution < 1.29 is 0 Å². The number of hydrogen-bond donors (Lipinski definition) is 1. The minimum atomic E-state index is -0.210. The monoisotopic (exact) mass is 153 g/mol. The fraction of sp³-hybridized carbons (Fsp3) is 0. The first-order valence-corrected chi connectivity index (χ1v) is 3.53. The Kier molecular flexibility index (Phi) is 1.04. The van der Waals surface area contributed by atoms with Crippen LogP contribution in [-0.2, 0) is 0 Å². The van der Waals surface area contributed by atoms with Gasteiger partial charge in [-0.15, -0.1) is 11.3 Å². The van der Waals surface area contributed by atoms with Crippen molar-refractivity contribution in [3.63, 3.8) is 0 Å². The van der Waals surface area contributed by atoms with Gasteiger partial charge in [-0.2, -0.15) is 0 Å². The van der Waals surface area contributed by atoms with Gasteiger partial charge in [0.2, 0.25) is 0 Å². The maximum absolute atomic E-state index is 10.6. The van der Waals surface area contributed by atoms with Crippen molar-refractivity contribution in [1.82, 2.24) is 15.0 Å². The molecule has 5 heteroatoms. The van der Waals surface area contributed by atoms with E-state index in [-0.39, 0.29) is 5.56 Å². The van der Waals surface area contributed by atoms with Crippen LogP contribution in [0.5, 0.6) is 0 Å². The summed E-state index contributed by atoms with van der Waals surface area (Å²) in [6.45, 7) is 0. The lowest BCUT2D eigenvalue weighted by molar-refractivity contribution is 1.20. The zero-order valence-corrected chi connectivity index (χ0v) is 5.68. The van der Waals surface area contributed by atoms with Crippen LogP contribution < -0.4 is 5.56 Å². The molecule has 2 heterocycles. The van der Waals surface area contributed by atoms with Gasteiger partial charge >= 0.3 is 0 Å². The molecule has 0 atom stereocenters. The molecule has 0 aliphatic heterocycles. The number of rotatable bonds is 0. The molecule has 2 rings (SSSR count). The summed E-state index contributed by atoms with van der Waals surface area (Å²) in [5.41, 5.74) is 2.00. The average Bonchev–Trinajstić information content (AvgIpc) is 2.33. The van der Waals surface area contributed by atoms with Crippen molar-refractivity contribution in [2.45, 2.75) is 0 Å². The van der Waals surface area contributed by atoms with Crippen molar-refractivity contribution in [2.75, 3.05) is 0 Å². The number of thiazole rings is 1. The van der Waals surface area contributed by atoms with Gasteiger partial charge in [0.1, 0.15) is 0 Å². The highest BCUT2D eigenvalue weighted by atomic mass is 32.1. The Morgan fingerprint density at radius 1 is 1.50 bits per heavy atom. The molecule has 0 bridgehead atoms. The maximum atomic E-state index is 10.6. The van der Waals surface area contributed by atoms with Gasteiger partial charge in [0, 0.05) is 0 Å². The van der Waals surface area contributed by atoms with E-state index in [2.05, 4.69) is 15.0 Å². The van der Waals surface area contributed by atoms with Crippen molar-refractivity contribution in [3.05, 3.63) is 22.1 Å². The number of nitrogens with one attached hydrogen (secondary N) is 1. The second kappa shape index (κ2) is 1.88. The Bertz CT molecular complexity index is 404. The van der Waals surface area contributed by atoms with Gasteiger partial charge < -0.3 is 4.98 Å². The minimum absolute atomic E-state index is 0.210. The molecule has 2 aromatic rings. The van der Waals surface area contributed by atoms with Crippen LogP contribution in [0, 0.1) is 0 Å². The van der Waals surface area contributed by atoms with Gasteiger partial charge in [-0.25, -0.2) is 9.97 Å². The highest BCUT2D eigenvalue weighted by Gasteiger charge is 1.95. The molecule has 0 aliphatic carbocycles. The second-order valence-electron chi connectivity index (χ2n) is 1.75. The van der Waals surface area contributed by atoms with Gasteiger partial charge in [0.05, 0.1) is 11.7 Å². The lowest BCUT2D eigenvalue weighted by Crippen LogP contribution is -2.03. The molecular formula is C5H3N3OS. The predicted octanol–water partition coefficient (Wildman–Crippen LogP) is 0.380. The molecule has 4 nitrogen and oxygen atoms in total. The highest BCUT2D eigenvalue weighted by molar-refractivity contribution is 7.16. The number of H-pyrrole nitrogens is 1. The Morgan fingerprint density at radius 3 is 3.30 bits per heavy atom. The first kappa shape index (κ1) is 5.55. The van der Waals surface area contributed by atoms with E-state index in [9.17, 15) is 4.79 Å². The highest BCUT2D eigenvalue weighted by Crippen LogP contribution is 2.08. The SMILES string of the molecule is O=c1cnc2scnc2[nH]1. The van der Waals surface area contributed by atoms with Gasteiger partial charge in [0.15, 0.2) is 10.5 Å².